The Kier molecular flexibility index (Phi) is 5.82. The Bertz CT molecular complexity index is 1300. The number of fused-ring (bicyclic) bond motifs is 1. The van der Waals surface area contributed by atoms with Gasteiger partial charge in [0.15, 0.2) is 28.0 Å². The van der Waals surface area contributed by atoms with E-state index in [1.54, 1.807) is 16.4 Å². The first kappa shape index (κ1) is 22.3. The molecule has 0 bridgehead atoms. The zero-order valence-corrected chi connectivity index (χ0v) is 19.9. The van der Waals surface area contributed by atoms with Gasteiger partial charge in [-0.05, 0) is 24.8 Å². The first-order chi connectivity index (χ1) is 17.1. The van der Waals surface area contributed by atoms with Gasteiger partial charge in [0.1, 0.15) is 6.10 Å². The lowest BCUT2D eigenvalue weighted by Crippen LogP contribution is -2.29. The van der Waals surface area contributed by atoms with Crippen LogP contribution in [0.2, 0.25) is 0 Å². The van der Waals surface area contributed by atoms with E-state index in [9.17, 15) is 10.2 Å². The number of hydrogen-bond acceptors (Lipinski definition) is 11. The van der Waals surface area contributed by atoms with Crippen LogP contribution in [0.1, 0.15) is 55.5 Å². The Morgan fingerprint density at radius 1 is 1.09 bits per heavy atom. The molecule has 2 aliphatic rings. The van der Waals surface area contributed by atoms with E-state index in [0.717, 1.165) is 18.6 Å². The van der Waals surface area contributed by atoms with Crippen molar-refractivity contribution in [1.82, 2.24) is 45.6 Å². The predicted octanol–water partition coefficient (Wildman–Crippen LogP) is 1.65. The first-order valence-corrected chi connectivity index (χ1v) is 12.8. The molecule has 6 unspecified atom stereocenters. The van der Waals surface area contributed by atoms with Crippen molar-refractivity contribution in [3.63, 3.8) is 0 Å². The average molecular weight is 495 g/mol. The van der Waals surface area contributed by atoms with E-state index in [1.807, 2.05) is 6.07 Å². The minimum Gasteiger partial charge on any atom is -0.390 e. The smallest absolute Gasteiger partial charge is 0.191 e. The summed E-state index contributed by atoms with van der Waals surface area (Å²) < 4.78 is 1.60. The molecule has 1 aromatic carbocycles. The van der Waals surface area contributed by atoms with Crippen LogP contribution in [0.15, 0.2) is 35.5 Å². The average Bonchev–Trinajstić information content (AvgIpc) is 3.19. The molecule has 35 heavy (non-hydrogen) atoms. The number of tetrazole rings is 1. The molecule has 182 valence electrons. The van der Waals surface area contributed by atoms with Crippen molar-refractivity contribution in [2.45, 2.75) is 67.5 Å². The first-order valence-electron chi connectivity index (χ1n) is 11.8. The monoisotopic (exact) mass is 494 g/mol. The summed E-state index contributed by atoms with van der Waals surface area (Å²) in [5, 5.41) is 48.4. The van der Waals surface area contributed by atoms with Crippen LogP contribution in [0.4, 0.5) is 5.82 Å². The van der Waals surface area contributed by atoms with Crippen LogP contribution >= 0.6 is 11.8 Å². The fraction of sp³-hybridized carbons (Fsp3) is 0.500. The van der Waals surface area contributed by atoms with Crippen LogP contribution in [-0.4, -0.2) is 79.8 Å². The lowest BCUT2D eigenvalue weighted by molar-refractivity contribution is 0.0146. The van der Waals surface area contributed by atoms with Crippen LogP contribution < -0.4 is 5.32 Å². The molecule has 6 rings (SSSR count). The van der Waals surface area contributed by atoms with Crippen LogP contribution in [0, 0.1) is 0 Å². The number of hydrogen-bond donors (Lipinski definition) is 4. The zero-order chi connectivity index (χ0) is 23.9. The number of nitrogens with zero attached hydrogens (tertiary/aromatic N) is 8. The Hall–Kier alpha value is -3.16. The largest absolute Gasteiger partial charge is 0.390 e. The summed E-state index contributed by atoms with van der Waals surface area (Å²) in [7, 11) is 0. The van der Waals surface area contributed by atoms with Crippen LogP contribution in [0.5, 0.6) is 0 Å². The molecule has 0 amide bonds. The lowest BCUT2D eigenvalue weighted by Gasteiger charge is -2.17. The third-order valence-corrected chi connectivity index (χ3v) is 7.79. The molecule has 3 heterocycles. The molecule has 2 saturated carbocycles. The minimum absolute atomic E-state index is 0.256. The molecule has 6 atom stereocenters. The highest BCUT2D eigenvalue weighted by atomic mass is 32.2. The van der Waals surface area contributed by atoms with Gasteiger partial charge in [-0.25, -0.2) is 14.6 Å². The summed E-state index contributed by atoms with van der Waals surface area (Å²) in [6.45, 7) is 2.11. The van der Waals surface area contributed by atoms with Gasteiger partial charge in [-0.2, -0.15) is 5.21 Å². The van der Waals surface area contributed by atoms with E-state index in [-0.39, 0.29) is 6.04 Å². The normalized spacial score (nSPS) is 28.0. The van der Waals surface area contributed by atoms with Gasteiger partial charge < -0.3 is 15.5 Å². The second-order valence-electron chi connectivity index (χ2n) is 9.07. The SMILES string of the molecule is CCCSc1nc(NC2CC2c2ccccc2)c2nnn(C3CC(c4nn[nH]n4)C(O)C3O)c2n1. The molecule has 0 radical (unpaired) electrons. The second-order valence-corrected chi connectivity index (χ2v) is 10.1. The van der Waals surface area contributed by atoms with E-state index < -0.39 is 24.2 Å². The van der Waals surface area contributed by atoms with Crippen LogP contribution in [0.3, 0.4) is 0 Å². The molecule has 4 aromatic rings. The molecule has 13 heteroatoms. The number of aliphatic hydroxyl groups is 2. The van der Waals surface area contributed by atoms with Crippen LogP contribution in [-0.2, 0) is 0 Å². The quantitative estimate of drug-likeness (QED) is 0.208. The summed E-state index contributed by atoms with van der Waals surface area (Å²) >= 11 is 1.57. The summed E-state index contributed by atoms with van der Waals surface area (Å²) in [4.78, 5) is 9.49. The summed E-state index contributed by atoms with van der Waals surface area (Å²) in [5.74, 6) is 1.84. The fourth-order valence-corrected chi connectivity index (χ4v) is 5.52. The van der Waals surface area contributed by atoms with E-state index in [0.29, 0.717) is 40.3 Å². The van der Waals surface area contributed by atoms with Crippen molar-refractivity contribution in [1.29, 1.82) is 0 Å². The van der Waals surface area contributed by atoms with Crippen molar-refractivity contribution < 1.29 is 10.2 Å². The standard InChI is InChI=1S/C22H26N10O2S/c1-2-8-35-22-24-20(23-14-9-12(14)11-6-4-3-5-7-11)16-21(25-22)32(31-26-16)15-10-13(17(33)18(15)34)19-27-29-30-28-19/h3-7,12-15,17-18,33-34H,2,8-10H2,1H3,(H,23,24,25)(H,27,28,29,30). The van der Waals surface area contributed by atoms with Crippen LogP contribution in [0.25, 0.3) is 11.2 Å². The number of anilines is 1. The number of H-pyrrole nitrogens is 1. The van der Waals surface area contributed by atoms with Crippen molar-refractivity contribution in [2.24, 2.45) is 0 Å². The summed E-state index contributed by atoms with van der Waals surface area (Å²) in [6.07, 6.45) is 0.255. The number of nitrogens with one attached hydrogen (secondary N) is 2. The summed E-state index contributed by atoms with van der Waals surface area (Å²) in [5.41, 5.74) is 2.38. The predicted molar refractivity (Wildman–Crippen MR) is 128 cm³/mol. The Morgan fingerprint density at radius 3 is 2.71 bits per heavy atom. The van der Waals surface area contributed by atoms with Gasteiger partial charge >= 0.3 is 0 Å². The van der Waals surface area contributed by atoms with Gasteiger partial charge in [-0.15, -0.1) is 15.3 Å². The van der Waals surface area contributed by atoms with Gasteiger partial charge in [0, 0.05) is 17.7 Å². The molecule has 2 fully saturated rings. The topological polar surface area (TPSA) is 163 Å². The number of rotatable bonds is 8. The highest BCUT2D eigenvalue weighted by Gasteiger charge is 2.46. The maximum absolute atomic E-state index is 10.9. The molecule has 12 nitrogen and oxygen atoms in total. The third kappa shape index (κ3) is 4.13. The van der Waals surface area contributed by atoms with E-state index in [2.05, 4.69) is 67.4 Å². The number of aromatic nitrogens is 9. The molecular weight excluding hydrogens is 468 g/mol. The Labute approximate surface area is 204 Å². The maximum atomic E-state index is 10.9. The lowest BCUT2D eigenvalue weighted by atomic mass is 10.1. The fourth-order valence-electron chi connectivity index (χ4n) is 4.82. The second kappa shape index (κ2) is 9.13. The molecule has 0 saturated heterocycles. The number of aromatic amines is 1. The van der Waals surface area contributed by atoms with Gasteiger partial charge in [0.25, 0.3) is 0 Å². The van der Waals surface area contributed by atoms with E-state index in [1.165, 1.54) is 5.56 Å². The van der Waals surface area contributed by atoms with Crippen molar-refractivity contribution in [3.8, 4) is 0 Å². The molecule has 2 aliphatic carbocycles. The minimum atomic E-state index is -1.08. The number of thioether (sulfide) groups is 1. The Balaban J connectivity index is 1.32. The number of aliphatic hydroxyl groups excluding tert-OH is 2. The molecule has 0 aliphatic heterocycles. The molecule has 4 N–H and O–H groups in total. The molecular formula is C22H26N10O2S. The van der Waals surface area contributed by atoms with Gasteiger partial charge in [-0.1, -0.05) is 59.4 Å². The highest BCUT2D eigenvalue weighted by molar-refractivity contribution is 7.99. The maximum Gasteiger partial charge on any atom is 0.191 e. The third-order valence-electron chi connectivity index (χ3n) is 6.74. The van der Waals surface area contributed by atoms with E-state index in [4.69, 9.17) is 9.97 Å². The van der Waals surface area contributed by atoms with Gasteiger partial charge in [0.2, 0.25) is 0 Å². The Morgan fingerprint density at radius 2 is 1.94 bits per heavy atom. The summed E-state index contributed by atoms with van der Waals surface area (Å²) in [6, 6.07) is 10.1. The van der Waals surface area contributed by atoms with E-state index >= 15 is 0 Å². The van der Waals surface area contributed by atoms with Gasteiger partial charge in [-0.3, -0.25) is 0 Å². The van der Waals surface area contributed by atoms with Crippen molar-refractivity contribution in [3.05, 3.63) is 41.7 Å². The molecule has 3 aromatic heterocycles. The van der Waals surface area contributed by atoms with Crippen molar-refractivity contribution >= 4 is 28.7 Å². The highest BCUT2D eigenvalue weighted by Crippen LogP contribution is 2.44. The van der Waals surface area contributed by atoms with Gasteiger partial charge in [0.05, 0.1) is 18.1 Å². The van der Waals surface area contributed by atoms with Crippen molar-refractivity contribution in [2.75, 3.05) is 11.1 Å². The zero-order valence-electron chi connectivity index (χ0n) is 19.1. The number of benzene rings is 1. The molecule has 0 spiro atoms.